The highest BCUT2D eigenvalue weighted by atomic mass is 19.2. The Morgan fingerprint density at radius 1 is 1.04 bits per heavy atom. The fraction of sp³-hybridized carbons (Fsp3) is 0.316. The second kappa shape index (κ2) is 7.27. The zero-order valence-corrected chi connectivity index (χ0v) is 13.5. The quantitative estimate of drug-likeness (QED) is 0.605. The lowest BCUT2D eigenvalue weighted by Crippen LogP contribution is -2.27. The average Bonchev–Trinajstić information content (AvgIpc) is 3.33. The molecule has 132 valence electrons. The number of amides is 1. The summed E-state index contributed by atoms with van der Waals surface area (Å²) in [6.45, 7) is 0.247. The van der Waals surface area contributed by atoms with Crippen molar-refractivity contribution in [3.05, 3.63) is 71.0 Å². The molecule has 0 radical (unpaired) electrons. The number of nitrogens with one attached hydrogen (secondary N) is 1. The minimum absolute atomic E-state index is 0.0920. The van der Waals surface area contributed by atoms with E-state index in [9.17, 15) is 18.0 Å². The number of carbonyl (C=O) groups excluding carboxylic acids is 1. The molecular formula is C19H18F3NO2. The van der Waals surface area contributed by atoms with Crippen molar-refractivity contribution in [2.45, 2.75) is 32.3 Å². The third-order valence-corrected chi connectivity index (χ3v) is 4.42. The van der Waals surface area contributed by atoms with Crippen molar-refractivity contribution < 1.29 is 22.8 Å². The van der Waals surface area contributed by atoms with Gasteiger partial charge in [-0.25, -0.2) is 18.7 Å². The fourth-order valence-corrected chi connectivity index (χ4v) is 2.85. The lowest BCUT2D eigenvalue weighted by Gasteiger charge is -2.15. The third-order valence-electron chi connectivity index (χ3n) is 4.42. The summed E-state index contributed by atoms with van der Waals surface area (Å²) >= 11 is 0. The van der Waals surface area contributed by atoms with Gasteiger partial charge in [0.15, 0.2) is 11.6 Å². The highest BCUT2D eigenvalue weighted by Gasteiger charge is 2.44. The van der Waals surface area contributed by atoms with Gasteiger partial charge in [-0.1, -0.05) is 30.3 Å². The first-order valence-electron chi connectivity index (χ1n) is 8.05. The van der Waals surface area contributed by atoms with Gasteiger partial charge in [-0.05, 0) is 41.9 Å². The number of hydroxylamine groups is 1. The number of halogens is 3. The molecule has 1 N–H and O–H groups in total. The van der Waals surface area contributed by atoms with Gasteiger partial charge in [0.1, 0.15) is 5.82 Å². The standard InChI is InChI=1S/C19H18F3NO2/c20-15-9-17(22)16(21)8-14(15)10-19(6-7-19)11-18(24)23-25-12-13-4-2-1-3-5-13/h1-5,8-9H,6-7,10-12H2,(H,23,24). The van der Waals surface area contributed by atoms with E-state index in [2.05, 4.69) is 5.48 Å². The number of rotatable bonds is 7. The first-order valence-corrected chi connectivity index (χ1v) is 8.05. The molecule has 0 aliphatic heterocycles. The van der Waals surface area contributed by atoms with Gasteiger partial charge in [-0.3, -0.25) is 9.63 Å². The zero-order chi connectivity index (χ0) is 17.9. The summed E-state index contributed by atoms with van der Waals surface area (Å²) in [6.07, 6.45) is 1.82. The molecule has 25 heavy (non-hydrogen) atoms. The van der Waals surface area contributed by atoms with Crippen LogP contribution in [0.15, 0.2) is 42.5 Å². The summed E-state index contributed by atoms with van der Waals surface area (Å²) in [6, 6.07) is 10.8. The fourth-order valence-electron chi connectivity index (χ4n) is 2.85. The van der Waals surface area contributed by atoms with E-state index in [0.717, 1.165) is 24.5 Å². The molecular weight excluding hydrogens is 331 g/mol. The van der Waals surface area contributed by atoms with Crippen LogP contribution in [-0.4, -0.2) is 5.91 Å². The van der Waals surface area contributed by atoms with Gasteiger partial charge in [-0.2, -0.15) is 0 Å². The first kappa shape index (κ1) is 17.5. The molecule has 1 saturated carbocycles. The van der Waals surface area contributed by atoms with Crippen LogP contribution in [0.5, 0.6) is 0 Å². The van der Waals surface area contributed by atoms with E-state index in [4.69, 9.17) is 4.84 Å². The summed E-state index contributed by atoms with van der Waals surface area (Å²) in [5.74, 6) is -3.39. The second-order valence-electron chi connectivity index (χ2n) is 6.51. The van der Waals surface area contributed by atoms with E-state index < -0.39 is 22.9 Å². The molecule has 1 fully saturated rings. The van der Waals surface area contributed by atoms with E-state index in [1.807, 2.05) is 30.3 Å². The van der Waals surface area contributed by atoms with Crippen molar-refractivity contribution in [2.75, 3.05) is 0 Å². The number of benzene rings is 2. The predicted octanol–water partition coefficient (Wildman–Crippen LogP) is 4.06. The van der Waals surface area contributed by atoms with E-state index in [1.54, 1.807) is 0 Å². The van der Waals surface area contributed by atoms with E-state index in [0.29, 0.717) is 6.07 Å². The lowest BCUT2D eigenvalue weighted by atomic mass is 9.92. The molecule has 0 spiro atoms. The van der Waals surface area contributed by atoms with Crippen LogP contribution in [0.3, 0.4) is 0 Å². The van der Waals surface area contributed by atoms with E-state index in [1.165, 1.54) is 0 Å². The molecule has 2 aromatic carbocycles. The van der Waals surface area contributed by atoms with E-state index in [-0.39, 0.29) is 30.9 Å². The maximum absolute atomic E-state index is 13.8. The monoisotopic (exact) mass is 349 g/mol. The minimum atomic E-state index is -1.21. The van der Waals surface area contributed by atoms with Crippen LogP contribution in [0.25, 0.3) is 0 Å². The van der Waals surface area contributed by atoms with E-state index >= 15 is 0 Å². The molecule has 0 atom stereocenters. The number of hydrogen-bond donors (Lipinski definition) is 1. The highest BCUT2D eigenvalue weighted by molar-refractivity contribution is 5.76. The van der Waals surface area contributed by atoms with Gasteiger partial charge in [0.25, 0.3) is 0 Å². The summed E-state index contributed by atoms with van der Waals surface area (Å²) in [4.78, 5) is 17.2. The maximum Gasteiger partial charge on any atom is 0.244 e. The van der Waals surface area contributed by atoms with Crippen LogP contribution in [0, 0.1) is 22.9 Å². The molecule has 1 aliphatic carbocycles. The Labute approximate surface area is 143 Å². The Hall–Kier alpha value is -2.34. The Kier molecular flexibility index (Phi) is 5.08. The van der Waals surface area contributed by atoms with Gasteiger partial charge >= 0.3 is 0 Å². The summed E-state index contributed by atoms with van der Waals surface area (Å²) in [7, 11) is 0. The molecule has 2 aromatic rings. The van der Waals surface area contributed by atoms with Crippen LogP contribution >= 0.6 is 0 Å². The molecule has 0 bridgehead atoms. The molecule has 0 heterocycles. The summed E-state index contributed by atoms with van der Waals surface area (Å²) < 4.78 is 40.1. The van der Waals surface area contributed by atoms with Gasteiger partial charge < -0.3 is 0 Å². The molecule has 1 amide bonds. The van der Waals surface area contributed by atoms with Crippen LogP contribution in [-0.2, 0) is 22.7 Å². The first-order chi connectivity index (χ1) is 12.0. The Morgan fingerprint density at radius 3 is 2.40 bits per heavy atom. The van der Waals surface area contributed by atoms with Crippen molar-refractivity contribution in [2.24, 2.45) is 5.41 Å². The van der Waals surface area contributed by atoms with Crippen molar-refractivity contribution in [3.63, 3.8) is 0 Å². The van der Waals surface area contributed by atoms with Crippen molar-refractivity contribution in [1.29, 1.82) is 0 Å². The smallest absolute Gasteiger partial charge is 0.244 e. The van der Waals surface area contributed by atoms with Crippen LogP contribution in [0.1, 0.15) is 30.4 Å². The zero-order valence-electron chi connectivity index (χ0n) is 13.5. The molecule has 0 aromatic heterocycles. The van der Waals surface area contributed by atoms with Gasteiger partial charge in [-0.15, -0.1) is 0 Å². The van der Waals surface area contributed by atoms with Gasteiger partial charge in [0.2, 0.25) is 5.91 Å². The highest BCUT2D eigenvalue weighted by Crippen LogP contribution is 2.51. The van der Waals surface area contributed by atoms with Crippen LogP contribution < -0.4 is 5.48 Å². The van der Waals surface area contributed by atoms with Crippen molar-refractivity contribution >= 4 is 5.91 Å². The largest absolute Gasteiger partial charge is 0.273 e. The molecule has 6 heteroatoms. The molecule has 0 saturated heterocycles. The van der Waals surface area contributed by atoms with Gasteiger partial charge in [0.05, 0.1) is 6.61 Å². The SMILES string of the molecule is O=C(CC1(Cc2cc(F)c(F)cc2F)CC1)NOCc1ccccc1. The van der Waals surface area contributed by atoms with Crippen LogP contribution in [0.2, 0.25) is 0 Å². The van der Waals surface area contributed by atoms with Crippen LogP contribution in [0.4, 0.5) is 13.2 Å². The molecule has 1 aliphatic rings. The minimum Gasteiger partial charge on any atom is -0.273 e. The molecule has 3 rings (SSSR count). The average molecular weight is 349 g/mol. The van der Waals surface area contributed by atoms with Crippen molar-refractivity contribution in [3.8, 4) is 0 Å². The molecule has 0 unspecified atom stereocenters. The third kappa shape index (κ3) is 4.60. The number of hydrogen-bond acceptors (Lipinski definition) is 2. The predicted molar refractivity (Wildman–Crippen MR) is 85.7 cm³/mol. The maximum atomic E-state index is 13.8. The summed E-state index contributed by atoms with van der Waals surface area (Å²) in [5.41, 5.74) is 2.99. The van der Waals surface area contributed by atoms with Crippen molar-refractivity contribution in [1.82, 2.24) is 5.48 Å². The Bertz CT molecular complexity index is 761. The summed E-state index contributed by atoms with van der Waals surface area (Å²) in [5, 5.41) is 0. The normalized spacial score (nSPS) is 15.0. The Morgan fingerprint density at radius 2 is 1.72 bits per heavy atom. The topological polar surface area (TPSA) is 38.3 Å². The van der Waals surface area contributed by atoms with Gasteiger partial charge in [0, 0.05) is 12.5 Å². The molecule has 3 nitrogen and oxygen atoms in total. The lowest BCUT2D eigenvalue weighted by molar-refractivity contribution is -0.135. The number of carbonyl (C=O) groups is 1. The second-order valence-corrected chi connectivity index (χ2v) is 6.51. The Balaban J connectivity index is 1.52.